The zero-order valence-electron chi connectivity index (χ0n) is 15.5. The van der Waals surface area contributed by atoms with Gasteiger partial charge >= 0.3 is 0 Å². The lowest BCUT2D eigenvalue weighted by atomic mass is 9.75. The standard InChI is InChI=1S/C22H22FN3O2/c1-26-13-16(12-24-26)21(15-10-18(27)11-15)25-22(28)20-5-3-2-4-19(20)14-6-8-17(23)9-7-14/h2-9,12-13,15,18,21,27H,10-11H2,1H3,(H,25,28)/t15?,18?,21-/m0/s1. The Bertz CT molecular complexity index is 977. The van der Waals surface area contributed by atoms with Gasteiger partial charge in [0.25, 0.3) is 5.91 Å². The maximum Gasteiger partial charge on any atom is 0.252 e. The van der Waals surface area contributed by atoms with Crippen LogP contribution in [0.4, 0.5) is 4.39 Å². The molecule has 1 aromatic heterocycles. The number of aliphatic hydroxyl groups excluding tert-OH is 1. The third kappa shape index (κ3) is 3.68. The Morgan fingerprint density at radius 1 is 1.21 bits per heavy atom. The van der Waals surface area contributed by atoms with E-state index in [0.717, 1.165) is 16.7 Å². The monoisotopic (exact) mass is 379 g/mol. The maximum absolute atomic E-state index is 13.3. The second-order valence-electron chi connectivity index (χ2n) is 7.34. The Morgan fingerprint density at radius 3 is 2.57 bits per heavy atom. The van der Waals surface area contributed by atoms with E-state index in [4.69, 9.17) is 0 Å². The van der Waals surface area contributed by atoms with Gasteiger partial charge in [0, 0.05) is 24.4 Å². The summed E-state index contributed by atoms with van der Waals surface area (Å²) in [5, 5.41) is 17.1. The number of aromatic nitrogens is 2. The lowest BCUT2D eigenvalue weighted by Crippen LogP contribution is -2.41. The number of rotatable bonds is 5. The highest BCUT2D eigenvalue weighted by Crippen LogP contribution is 2.38. The van der Waals surface area contributed by atoms with E-state index in [-0.39, 0.29) is 29.8 Å². The summed E-state index contributed by atoms with van der Waals surface area (Å²) in [4.78, 5) is 13.1. The Kier molecular flexibility index (Phi) is 4.96. The van der Waals surface area contributed by atoms with Gasteiger partial charge < -0.3 is 10.4 Å². The minimum atomic E-state index is -0.314. The van der Waals surface area contributed by atoms with Gasteiger partial charge in [-0.05, 0) is 48.1 Å². The fourth-order valence-corrected chi connectivity index (χ4v) is 3.76. The summed E-state index contributed by atoms with van der Waals surface area (Å²) >= 11 is 0. The highest BCUT2D eigenvalue weighted by Gasteiger charge is 2.36. The van der Waals surface area contributed by atoms with E-state index in [1.54, 1.807) is 29.1 Å². The smallest absolute Gasteiger partial charge is 0.252 e. The molecule has 3 aromatic rings. The van der Waals surface area contributed by atoms with Gasteiger partial charge in [-0.1, -0.05) is 30.3 Å². The van der Waals surface area contributed by atoms with Gasteiger partial charge in [-0.15, -0.1) is 0 Å². The third-order valence-electron chi connectivity index (χ3n) is 5.32. The third-order valence-corrected chi connectivity index (χ3v) is 5.32. The van der Waals surface area contributed by atoms with E-state index >= 15 is 0 Å². The topological polar surface area (TPSA) is 67.2 Å². The second kappa shape index (κ2) is 7.56. The number of hydrogen-bond acceptors (Lipinski definition) is 3. The fourth-order valence-electron chi connectivity index (χ4n) is 3.76. The summed E-state index contributed by atoms with van der Waals surface area (Å²) in [5.41, 5.74) is 2.98. The van der Waals surface area contributed by atoms with E-state index in [0.29, 0.717) is 18.4 Å². The number of carbonyl (C=O) groups excluding carboxylic acids is 1. The predicted octanol–water partition coefficient (Wildman–Crippen LogP) is 3.47. The van der Waals surface area contributed by atoms with Crippen molar-refractivity contribution in [1.82, 2.24) is 15.1 Å². The van der Waals surface area contributed by atoms with Gasteiger partial charge in [-0.3, -0.25) is 9.48 Å². The summed E-state index contributed by atoms with van der Waals surface area (Å²) in [6.07, 6.45) is 4.63. The molecule has 0 unspecified atom stereocenters. The van der Waals surface area contributed by atoms with Crippen LogP contribution in [0.25, 0.3) is 11.1 Å². The van der Waals surface area contributed by atoms with Crippen LogP contribution in [0.1, 0.15) is 34.8 Å². The first-order valence-corrected chi connectivity index (χ1v) is 9.33. The maximum atomic E-state index is 13.3. The van der Waals surface area contributed by atoms with Crippen molar-refractivity contribution in [1.29, 1.82) is 0 Å². The number of halogens is 1. The molecule has 0 saturated heterocycles. The highest BCUT2D eigenvalue weighted by atomic mass is 19.1. The van der Waals surface area contributed by atoms with Crippen molar-refractivity contribution in [3.63, 3.8) is 0 Å². The zero-order valence-corrected chi connectivity index (χ0v) is 15.5. The molecule has 1 heterocycles. The van der Waals surface area contributed by atoms with Crippen molar-refractivity contribution in [3.05, 3.63) is 77.9 Å². The average molecular weight is 379 g/mol. The van der Waals surface area contributed by atoms with Crippen LogP contribution in [-0.2, 0) is 7.05 Å². The van der Waals surface area contributed by atoms with Crippen LogP contribution in [-0.4, -0.2) is 26.9 Å². The van der Waals surface area contributed by atoms with Gasteiger partial charge in [0.15, 0.2) is 0 Å². The zero-order chi connectivity index (χ0) is 19.7. The van der Waals surface area contributed by atoms with Crippen LogP contribution in [0, 0.1) is 11.7 Å². The molecule has 1 aliphatic rings. The quantitative estimate of drug-likeness (QED) is 0.713. The van der Waals surface area contributed by atoms with E-state index < -0.39 is 0 Å². The number of aryl methyl sites for hydroxylation is 1. The minimum absolute atomic E-state index is 0.168. The number of hydrogen-bond donors (Lipinski definition) is 2. The molecule has 1 saturated carbocycles. The number of carbonyl (C=O) groups is 1. The Labute approximate surface area is 162 Å². The van der Waals surface area contributed by atoms with Crippen LogP contribution in [0.2, 0.25) is 0 Å². The highest BCUT2D eigenvalue weighted by molar-refractivity contribution is 6.01. The number of amides is 1. The second-order valence-corrected chi connectivity index (χ2v) is 7.34. The Balaban J connectivity index is 1.62. The summed E-state index contributed by atoms with van der Waals surface area (Å²) in [7, 11) is 1.84. The number of nitrogens with one attached hydrogen (secondary N) is 1. The molecule has 5 nitrogen and oxygen atoms in total. The summed E-state index contributed by atoms with van der Waals surface area (Å²) in [6.45, 7) is 0. The van der Waals surface area contributed by atoms with Crippen molar-refractivity contribution < 1.29 is 14.3 Å². The summed E-state index contributed by atoms with van der Waals surface area (Å²) in [5.74, 6) is -0.345. The number of nitrogens with zero attached hydrogens (tertiary/aromatic N) is 2. The van der Waals surface area contributed by atoms with Crippen molar-refractivity contribution in [2.45, 2.75) is 25.0 Å². The molecule has 2 N–H and O–H groups in total. The summed E-state index contributed by atoms with van der Waals surface area (Å²) < 4.78 is 15.0. The predicted molar refractivity (Wildman–Crippen MR) is 104 cm³/mol. The number of aliphatic hydroxyl groups is 1. The lowest BCUT2D eigenvalue weighted by molar-refractivity contribution is 0.0235. The molecule has 28 heavy (non-hydrogen) atoms. The largest absolute Gasteiger partial charge is 0.393 e. The molecule has 1 aliphatic carbocycles. The Morgan fingerprint density at radius 2 is 1.93 bits per heavy atom. The molecule has 0 bridgehead atoms. The van der Waals surface area contributed by atoms with E-state index in [9.17, 15) is 14.3 Å². The number of benzene rings is 2. The van der Waals surface area contributed by atoms with Gasteiger partial charge in [0.1, 0.15) is 5.82 Å². The first-order valence-electron chi connectivity index (χ1n) is 9.33. The fraction of sp³-hybridized carbons (Fsp3) is 0.273. The van der Waals surface area contributed by atoms with E-state index in [1.165, 1.54) is 12.1 Å². The first kappa shape index (κ1) is 18.4. The van der Waals surface area contributed by atoms with Crippen LogP contribution >= 0.6 is 0 Å². The van der Waals surface area contributed by atoms with Gasteiger partial charge in [-0.25, -0.2) is 4.39 Å². The molecule has 0 spiro atoms. The summed E-state index contributed by atoms with van der Waals surface area (Å²) in [6, 6.07) is 13.2. The lowest BCUT2D eigenvalue weighted by Gasteiger charge is -2.37. The van der Waals surface area contributed by atoms with Crippen LogP contribution in [0.3, 0.4) is 0 Å². The molecular weight excluding hydrogens is 357 g/mol. The van der Waals surface area contributed by atoms with Crippen LogP contribution < -0.4 is 5.32 Å². The molecule has 6 heteroatoms. The van der Waals surface area contributed by atoms with Gasteiger partial charge in [0.05, 0.1) is 18.3 Å². The van der Waals surface area contributed by atoms with Crippen molar-refractivity contribution in [2.24, 2.45) is 13.0 Å². The Hall–Kier alpha value is -2.99. The molecule has 1 atom stereocenters. The van der Waals surface area contributed by atoms with Crippen molar-refractivity contribution in [3.8, 4) is 11.1 Å². The van der Waals surface area contributed by atoms with Crippen molar-refractivity contribution in [2.75, 3.05) is 0 Å². The van der Waals surface area contributed by atoms with Crippen LogP contribution in [0.5, 0.6) is 0 Å². The average Bonchev–Trinajstić information content (AvgIpc) is 3.10. The molecule has 0 radical (unpaired) electrons. The molecule has 0 aliphatic heterocycles. The molecule has 1 amide bonds. The first-order chi connectivity index (χ1) is 13.5. The molecular formula is C22H22FN3O2. The minimum Gasteiger partial charge on any atom is -0.393 e. The van der Waals surface area contributed by atoms with Crippen molar-refractivity contribution >= 4 is 5.91 Å². The van der Waals surface area contributed by atoms with E-state index in [2.05, 4.69) is 10.4 Å². The molecule has 4 rings (SSSR count). The van der Waals surface area contributed by atoms with Gasteiger partial charge in [-0.2, -0.15) is 5.10 Å². The van der Waals surface area contributed by atoms with E-state index in [1.807, 2.05) is 31.4 Å². The molecule has 2 aromatic carbocycles. The SMILES string of the molecule is Cn1cc([C@@H](NC(=O)c2ccccc2-c2ccc(F)cc2)C2CC(O)C2)cn1. The normalized spacial score (nSPS) is 19.7. The molecule has 1 fully saturated rings. The van der Waals surface area contributed by atoms with Gasteiger partial charge in [0.2, 0.25) is 0 Å². The molecule has 144 valence electrons. The van der Waals surface area contributed by atoms with Crippen LogP contribution in [0.15, 0.2) is 60.9 Å².